The van der Waals surface area contributed by atoms with Crippen LogP contribution in [0.4, 0.5) is 0 Å². The molecular weight excluding hydrogens is 206 g/mol. The highest BCUT2D eigenvalue weighted by atomic mass is 16.5. The highest BCUT2D eigenvalue weighted by Crippen LogP contribution is 2.12. The van der Waals surface area contributed by atoms with Crippen molar-refractivity contribution >= 4 is 5.97 Å². The predicted molar refractivity (Wildman–Crippen MR) is 61.0 cm³/mol. The standard InChI is InChI=1S/C12H17NO3/c1-15-8-11(13)10-5-3-9(4-6-10)7-12(14)16-2/h3-6,11H,7-8,13H2,1-2H3/t11-/m1/s1. The highest BCUT2D eigenvalue weighted by molar-refractivity contribution is 5.72. The minimum atomic E-state index is -0.242. The van der Waals surface area contributed by atoms with E-state index in [4.69, 9.17) is 10.5 Å². The number of methoxy groups -OCH3 is 2. The van der Waals surface area contributed by atoms with Gasteiger partial charge in [-0.2, -0.15) is 0 Å². The van der Waals surface area contributed by atoms with Crippen molar-refractivity contribution in [1.29, 1.82) is 0 Å². The number of hydrogen-bond acceptors (Lipinski definition) is 4. The SMILES string of the molecule is COC[C@@H](N)c1ccc(CC(=O)OC)cc1. The largest absolute Gasteiger partial charge is 0.469 e. The van der Waals surface area contributed by atoms with Crippen LogP contribution < -0.4 is 5.73 Å². The molecule has 0 saturated heterocycles. The zero-order valence-corrected chi connectivity index (χ0v) is 9.60. The van der Waals surface area contributed by atoms with Crippen molar-refractivity contribution in [3.8, 4) is 0 Å². The minimum absolute atomic E-state index is 0.128. The fourth-order valence-electron chi connectivity index (χ4n) is 1.40. The Bertz CT molecular complexity index is 335. The molecule has 1 rings (SSSR count). The molecule has 1 aromatic carbocycles. The molecule has 0 unspecified atom stereocenters. The molecule has 0 fully saturated rings. The second-order valence-corrected chi connectivity index (χ2v) is 3.56. The Morgan fingerprint density at radius 3 is 2.44 bits per heavy atom. The molecule has 1 atom stereocenters. The van der Waals surface area contributed by atoms with Gasteiger partial charge < -0.3 is 15.2 Å². The number of nitrogens with two attached hydrogens (primary N) is 1. The van der Waals surface area contributed by atoms with Gasteiger partial charge in [-0.3, -0.25) is 4.79 Å². The lowest BCUT2D eigenvalue weighted by Crippen LogP contribution is -2.16. The molecular formula is C12H17NO3. The first-order valence-corrected chi connectivity index (χ1v) is 5.07. The molecule has 0 aliphatic rings. The van der Waals surface area contributed by atoms with Crippen LogP contribution in [-0.2, 0) is 20.7 Å². The van der Waals surface area contributed by atoms with Gasteiger partial charge in [-0.1, -0.05) is 24.3 Å². The van der Waals surface area contributed by atoms with Crippen LogP contribution in [0.25, 0.3) is 0 Å². The summed E-state index contributed by atoms with van der Waals surface area (Å²) < 4.78 is 9.56. The molecule has 0 spiro atoms. The van der Waals surface area contributed by atoms with E-state index in [9.17, 15) is 4.79 Å². The maximum Gasteiger partial charge on any atom is 0.309 e. The molecule has 0 radical (unpaired) electrons. The highest BCUT2D eigenvalue weighted by Gasteiger charge is 2.06. The Balaban J connectivity index is 2.64. The van der Waals surface area contributed by atoms with E-state index in [2.05, 4.69) is 4.74 Å². The summed E-state index contributed by atoms with van der Waals surface area (Å²) in [5.41, 5.74) is 7.78. The normalized spacial score (nSPS) is 12.2. The van der Waals surface area contributed by atoms with Crippen molar-refractivity contribution in [1.82, 2.24) is 0 Å². The van der Waals surface area contributed by atoms with Crippen LogP contribution in [0.1, 0.15) is 17.2 Å². The number of carbonyl (C=O) groups excluding carboxylic acids is 1. The Morgan fingerprint density at radius 2 is 1.94 bits per heavy atom. The summed E-state index contributed by atoms with van der Waals surface area (Å²) in [6.45, 7) is 0.482. The van der Waals surface area contributed by atoms with Crippen molar-refractivity contribution < 1.29 is 14.3 Å². The number of carbonyl (C=O) groups is 1. The number of hydrogen-bond donors (Lipinski definition) is 1. The smallest absolute Gasteiger partial charge is 0.309 e. The summed E-state index contributed by atoms with van der Waals surface area (Å²) in [6.07, 6.45) is 0.288. The topological polar surface area (TPSA) is 61.5 Å². The molecule has 0 aliphatic heterocycles. The molecule has 0 aliphatic carbocycles. The monoisotopic (exact) mass is 223 g/mol. The average Bonchev–Trinajstić information content (AvgIpc) is 2.30. The third-order valence-corrected chi connectivity index (χ3v) is 2.33. The molecule has 4 nitrogen and oxygen atoms in total. The quantitative estimate of drug-likeness (QED) is 0.758. The van der Waals surface area contributed by atoms with Gasteiger partial charge in [-0.25, -0.2) is 0 Å². The Morgan fingerprint density at radius 1 is 1.31 bits per heavy atom. The van der Waals surface area contributed by atoms with Crippen LogP contribution in [0.15, 0.2) is 24.3 Å². The molecule has 0 aromatic heterocycles. The zero-order chi connectivity index (χ0) is 12.0. The van der Waals surface area contributed by atoms with Gasteiger partial charge in [0.1, 0.15) is 0 Å². The van der Waals surface area contributed by atoms with Crippen LogP contribution in [0.2, 0.25) is 0 Å². The molecule has 0 amide bonds. The van der Waals surface area contributed by atoms with Crippen LogP contribution in [0.3, 0.4) is 0 Å². The van der Waals surface area contributed by atoms with E-state index >= 15 is 0 Å². The van der Waals surface area contributed by atoms with Crippen LogP contribution in [0, 0.1) is 0 Å². The lowest BCUT2D eigenvalue weighted by molar-refractivity contribution is -0.139. The molecule has 4 heteroatoms. The summed E-state index contributed by atoms with van der Waals surface area (Å²) in [7, 11) is 3.00. The fourth-order valence-corrected chi connectivity index (χ4v) is 1.40. The summed E-state index contributed by atoms with van der Waals surface area (Å²) in [6, 6.07) is 7.44. The third-order valence-electron chi connectivity index (χ3n) is 2.33. The van der Waals surface area contributed by atoms with E-state index in [0.717, 1.165) is 11.1 Å². The first-order chi connectivity index (χ1) is 7.67. The maximum absolute atomic E-state index is 11.0. The van der Waals surface area contributed by atoms with E-state index in [0.29, 0.717) is 6.61 Å². The van der Waals surface area contributed by atoms with Crippen LogP contribution >= 0.6 is 0 Å². The maximum atomic E-state index is 11.0. The molecule has 1 aromatic rings. The van der Waals surface area contributed by atoms with Gasteiger partial charge >= 0.3 is 5.97 Å². The second kappa shape index (κ2) is 6.25. The number of esters is 1. The van der Waals surface area contributed by atoms with Gasteiger partial charge in [0.15, 0.2) is 0 Å². The van der Waals surface area contributed by atoms with Crippen molar-refractivity contribution in [2.75, 3.05) is 20.8 Å². The van der Waals surface area contributed by atoms with E-state index in [-0.39, 0.29) is 18.4 Å². The van der Waals surface area contributed by atoms with Crippen molar-refractivity contribution in [3.63, 3.8) is 0 Å². The van der Waals surface area contributed by atoms with Gasteiger partial charge in [-0.15, -0.1) is 0 Å². The van der Waals surface area contributed by atoms with E-state index in [1.54, 1.807) is 7.11 Å². The molecule has 0 bridgehead atoms. The number of benzene rings is 1. The molecule has 2 N–H and O–H groups in total. The fraction of sp³-hybridized carbons (Fsp3) is 0.417. The van der Waals surface area contributed by atoms with Crippen LogP contribution in [0.5, 0.6) is 0 Å². The third kappa shape index (κ3) is 3.64. The summed E-state index contributed by atoms with van der Waals surface area (Å²) in [5.74, 6) is -0.242. The lowest BCUT2D eigenvalue weighted by Gasteiger charge is -2.11. The number of ether oxygens (including phenoxy) is 2. The van der Waals surface area contributed by atoms with E-state index in [1.165, 1.54) is 7.11 Å². The molecule has 16 heavy (non-hydrogen) atoms. The zero-order valence-electron chi connectivity index (χ0n) is 9.60. The summed E-state index contributed by atoms with van der Waals surface area (Å²) in [4.78, 5) is 11.0. The van der Waals surface area contributed by atoms with Crippen LogP contribution in [-0.4, -0.2) is 26.8 Å². The molecule has 88 valence electrons. The van der Waals surface area contributed by atoms with Gasteiger partial charge in [-0.05, 0) is 11.1 Å². The average molecular weight is 223 g/mol. The van der Waals surface area contributed by atoms with Gasteiger partial charge in [0.05, 0.1) is 26.2 Å². The second-order valence-electron chi connectivity index (χ2n) is 3.56. The first kappa shape index (κ1) is 12.7. The number of rotatable bonds is 5. The molecule has 0 saturated carbocycles. The Hall–Kier alpha value is -1.39. The van der Waals surface area contributed by atoms with Crippen molar-refractivity contribution in [2.24, 2.45) is 5.73 Å². The molecule has 0 heterocycles. The van der Waals surface area contributed by atoms with Crippen molar-refractivity contribution in [3.05, 3.63) is 35.4 Å². The first-order valence-electron chi connectivity index (χ1n) is 5.07. The van der Waals surface area contributed by atoms with E-state index < -0.39 is 0 Å². The van der Waals surface area contributed by atoms with Gasteiger partial charge in [0.2, 0.25) is 0 Å². The van der Waals surface area contributed by atoms with Gasteiger partial charge in [0.25, 0.3) is 0 Å². The van der Waals surface area contributed by atoms with Crippen molar-refractivity contribution in [2.45, 2.75) is 12.5 Å². The Labute approximate surface area is 95.3 Å². The Kier molecular flexibility index (Phi) is 4.95. The van der Waals surface area contributed by atoms with Gasteiger partial charge in [0, 0.05) is 7.11 Å². The van der Waals surface area contributed by atoms with E-state index in [1.807, 2.05) is 24.3 Å². The summed E-state index contributed by atoms with van der Waals surface area (Å²) >= 11 is 0. The predicted octanol–water partition coefficient (Wildman–Crippen LogP) is 1.05. The summed E-state index contributed by atoms with van der Waals surface area (Å²) in [5, 5.41) is 0. The minimum Gasteiger partial charge on any atom is -0.469 e. The lowest BCUT2D eigenvalue weighted by atomic mass is 10.0.